The van der Waals surface area contributed by atoms with Crippen molar-refractivity contribution in [1.29, 1.82) is 0 Å². The van der Waals surface area contributed by atoms with Crippen LogP contribution in [0.1, 0.15) is 30.5 Å². The summed E-state index contributed by atoms with van der Waals surface area (Å²) in [7, 11) is -3.26. The number of alkyl halides is 3. The number of halogens is 3. The molecule has 8 heteroatoms. The number of amides is 1. The molecule has 118 valence electrons. The van der Waals surface area contributed by atoms with Gasteiger partial charge in [0.2, 0.25) is 5.91 Å². The van der Waals surface area contributed by atoms with Gasteiger partial charge in [-0.05, 0) is 24.6 Å². The van der Waals surface area contributed by atoms with Crippen molar-refractivity contribution in [2.75, 3.05) is 12.0 Å². The molecule has 0 aliphatic heterocycles. The molecule has 1 aromatic carbocycles. The molecule has 1 rings (SSSR count). The van der Waals surface area contributed by atoms with Gasteiger partial charge in [0.25, 0.3) is 0 Å². The fourth-order valence-corrected chi connectivity index (χ4v) is 2.22. The first-order valence-electron chi connectivity index (χ1n) is 6.13. The molecule has 1 amide bonds. The number of carbonyl (C=O) groups excluding carboxylic acids is 1. The molecule has 0 saturated heterocycles. The van der Waals surface area contributed by atoms with Crippen molar-refractivity contribution in [1.82, 2.24) is 5.32 Å². The van der Waals surface area contributed by atoms with E-state index in [2.05, 4.69) is 5.32 Å². The lowest BCUT2D eigenvalue weighted by Crippen LogP contribution is -2.28. The largest absolute Gasteiger partial charge is 0.416 e. The van der Waals surface area contributed by atoms with Crippen molar-refractivity contribution in [2.24, 2.45) is 0 Å². The lowest BCUT2D eigenvalue weighted by atomic mass is 10.0. The molecule has 0 aromatic heterocycles. The van der Waals surface area contributed by atoms with Crippen molar-refractivity contribution in [2.45, 2.75) is 25.6 Å². The Labute approximate surface area is 121 Å². The summed E-state index contributed by atoms with van der Waals surface area (Å²) >= 11 is 0. The second kappa shape index (κ2) is 6.46. The van der Waals surface area contributed by atoms with Crippen LogP contribution in [0.5, 0.6) is 0 Å². The maximum absolute atomic E-state index is 12.6. The van der Waals surface area contributed by atoms with Crippen LogP contribution in [0.2, 0.25) is 0 Å². The number of hydrogen-bond acceptors (Lipinski definition) is 3. The molecule has 0 aliphatic carbocycles. The zero-order valence-corrected chi connectivity index (χ0v) is 12.4. The summed E-state index contributed by atoms with van der Waals surface area (Å²) in [6.45, 7) is 1.54. The summed E-state index contributed by atoms with van der Waals surface area (Å²) in [6, 6.07) is 4.00. The van der Waals surface area contributed by atoms with Gasteiger partial charge in [0, 0.05) is 12.7 Å². The highest BCUT2D eigenvalue weighted by atomic mass is 32.2. The second-order valence-electron chi connectivity index (χ2n) is 4.79. The van der Waals surface area contributed by atoms with Gasteiger partial charge in [0.1, 0.15) is 9.84 Å². The lowest BCUT2D eigenvalue weighted by molar-refractivity contribution is -0.137. The van der Waals surface area contributed by atoms with Crippen LogP contribution in [0.4, 0.5) is 13.2 Å². The smallest absolute Gasteiger partial charge is 0.350 e. The van der Waals surface area contributed by atoms with Crippen LogP contribution in [0, 0.1) is 0 Å². The maximum atomic E-state index is 12.6. The van der Waals surface area contributed by atoms with Crippen LogP contribution >= 0.6 is 0 Å². The Morgan fingerprint density at radius 1 is 1.33 bits per heavy atom. The van der Waals surface area contributed by atoms with Crippen LogP contribution in [0.25, 0.3) is 0 Å². The molecule has 0 aliphatic rings. The summed E-state index contributed by atoms with van der Waals surface area (Å²) < 4.78 is 59.7. The predicted molar refractivity (Wildman–Crippen MR) is 72.3 cm³/mol. The minimum absolute atomic E-state index is 0.220. The Bertz CT molecular complexity index is 611. The number of carbonyl (C=O) groups is 1. The van der Waals surface area contributed by atoms with Gasteiger partial charge in [-0.3, -0.25) is 4.79 Å². The van der Waals surface area contributed by atoms with Crippen LogP contribution in [0.15, 0.2) is 24.3 Å². The van der Waals surface area contributed by atoms with Crippen LogP contribution in [0.3, 0.4) is 0 Å². The summed E-state index contributed by atoms with van der Waals surface area (Å²) in [5.74, 6) is -0.820. The molecule has 1 unspecified atom stereocenters. The zero-order chi connectivity index (χ0) is 16.3. The number of rotatable bonds is 5. The average molecular weight is 323 g/mol. The van der Waals surface area contributed by atoms with Gasteiger partial charge in [0.15, 0.2) is 0 Å². The van der Waals surface area contributed by atoms with Crippen LogP contribution in [-0.4, -0.2) is 26.3 Å². The first-order chi connectivity index (χ1) is 9.49. The Hall–Kier alpha value is -1.57. The van der Waals surface area contributed by atoms with Gasteiger partial charge in [-0.2, -0.15) is 13.2 Å². The summed E-state index contributed by atoms with van der Waals surface area (Å²) in [4.78, 5) is 11.6. The first kappa shape index (κ1) is 17.5. The van der Waals surface area contributed by atoms with E-state index in [1.165, 1.54) is 19.1 Å². The lowest BCUT2D eigenvalue weighted by Gasteiger charge is -2.16. The monoisotopic (exact) mass is 323 g/mol. The third-order valence-electron chi connectivity index (χ3n) is 2.79. The van der Waals surface area contributed by atoms with Gasteiger partial charge in [-0.25, -0.2) is 8.42 Å². The van der Waals surface area contributed by atoms with Crippen molar-refractivity contribution in [3.05, 3.63) is 35.4 Å². The van der Waals surface area contributed by atoms with E-state index in [4.69, 9.17) is 0 Å². The number of benzene rings is 1. The van der Waals surface area contributed by atoms with Crippen molar-refractivity contribution in [3.8, 4) is 0 Å². The van der Waals surface area contributed by atoms with E-state index >= 15 is 0 Å². The quantitative estimate of drug-likeness (QED) is 0.904. The predicted octanol–water partition coefficient (Wildman–Crippen LogP) is 2.32. The van der Waals surface area contributed by atoms with Gasteiger partial charge in [-0.15, -0.1) is 0 Å². The first-order valence-corrected chi connectivity index (χ1v) is 8.19. The summed E-state index contributed by atoms with van der Waals surface area (Å²) in [6.07, 6.45) is -3.66. The van der Waals surface area contributed by atoms with E-state index in [9.17, 15) is 26.4 Å². The number of hydrogen-bond donors (Lipinski definition) is 1. The Morgan fingerprint density at radius 3 is 2.48 bits per heavy atom. The van der Waals surface area contributed by atoms with Crippen molar-refractivity contribution >= 4 is 15.7 Å². The molecule has 0 fully saturated rings. The molecular weight excluding hydrogens is 307 g/mol. The average Bonchev–Trinajstić information content (AvgIpc) is 2.34. The standard InChI is InChI=1S/C13H16F3NO3S/c1-9(17-12(18)6-7-21(2,19)20)10-4-3-5-11(8-10)13(14,15)16/h3-5,8-9H,6-7H2,1-2H3,(H,17,18). The molecule has 21 heavy (non-hydrogen) atoms. The van der Waals surface area contributed by atoms with Crippen molar-refractivity contribution < 1.29 is 26.4 Å². The van der Waals surface area contributed by atoms with Crippen molar-refractivity contribution in [3.63, 3.8) is 0 Å². The Balaban J connectivity index is 2.72. The third kappa shape index (κ3) is 6.16. The van der Waals surface area contributed by atoms with E-state index < -0.39 is 33.5 Å². The zero-order valence-electron chi connectivity index (χ0n) is 11.6. The molecule has 0 heterocycles. The molecule has 4 nitrogen and oxygen atoms in total. The second-order valence-corrected chi connectivity index (χ2v) is 7.05. The highest BCUT2D eigenvalue weighted by Gasteiger charge is 2.30. The van der Waals surface area contributed by atoms with E-state index in [0.29, 0.717) is 5.56 Å². The summed E-state index contributed by atoms with van der Waals surface area (Å²) in [5.41, 5.74) is -0.491. The van der Waals surface area contributed by atoms with E-state index in [1.807, 2.05) is 0 Å². The van der Waals surface area contributed by atoms with Gasteiger partial charge in [-0.1, -0.05) is 12.1 Å². The molecule has 0 saturated carbocycles. The van der Waals surface area contributed by atoms with E-state index in [-0.39, 0.29) is 12.2 Å². The summed E-state index contributed by atoms with van der Waals surface area (Å²) in [5, 5.41) is 2.48. The van der Waals surface area contributed by atoms with Crippen LogP contribution < -0.4 is 5.32 Å². The fraction of sp³-hybridized carbons (Fsp3) is 0.462. The highest BCUT2D eigenvalue weighted by Crippen LogP contribution is 2.30. The molecule has 1 aromatic rings. The van der Waals surface area contributed by atoms with Gasteiger partial charge >= 0.3 is 6.18 Å². The minimum atomic E-state index is -4.45. The Kier molecular flexibility index (Phi) is 5.38. The van der Waals surface area contributed by atoms with Gasteiger partial charge < -0.3 is 5.32 Å². The topological polar surface area (TPSA) is 63.2 Å². The van der Waals surface area contributed by atoms with E-state index in [0.717, 1.165) is 18.4 Å². The molecule has 1 N–H and O–H groups in total. The molecule has 0 radical (unpaired) electrons. The number of sulfone groups is 1. The number of nitrogens with one attached hydrogen (secondary N) is 1. The normalized spacial score (nSPS) is 13.8. The Morgan fingerprint density at radius 2 is 1.95 bits per heavy atom. The van der Waals surface area contributed by atoms with Crippen LogP contribution in [-0.2, 0) is 20.8 Å². The fourth-order valence-electron chi connectivity index (χ4n) is 1.66. The molecule has 1 atom stereocenters. The molecule has 0 spiro atoms. The SMILES string of the molecule is CC(NC(=O)CCS(C)(=O)=O)c1cccc(C(F)(F)F)c1. The van der Waals surface area contributed by atoms with E-state index in [1.54, 1.807) is 0 Å². The molecular formula is C13H16F3NO3S. The highest BCUT2D eigenvalue weighted by molar-refractivity contribution is 7.90. The molecule has 0 bridgehead atoms. The maximum Gasteiger partial charge on any atom is 0.416 e. The minimum Gasteiger partial charge on any atom is -0.350 e. The third-order valence-corrected chi connectivity index (χ3v) is 3.74. The van der Waals surface area contributed by atoms with Gasteiger partial charge in [0.05, 0.1) is 17.4 Å².